The van der Waals surface area contributed by atoms with Gasteiger partial charge in [0, 0.05) is 0 Å². The van der Waals surface area contributed by atoms with Crippen LogP contribution < -0.4 is 0 Å². The molecule has 0 bridgehead atoms. The highest BCUT2D eigenvalue weighted by Crippen LogP contribution is 2.09. The molecule has 8 nitrogen and oxygen atoms in total. The highest BCUT2D eigenvalue weighted by atomic mass is 16.6. The zero-order valence-corrected chi connectivity index (χ0v) is 15.2. The molecule has 2 N–H and O–H groups in total. The lowest BCUT2D eigenvalue weighted by molar-refractivity contribution is -0.157. The molecule has 0 aromatic heterocycles. The minimum Gasteiger partial charge on any atom is -0.481 e. The van der Waals surface area contributed by atoms with Crippen LogP contribution in [0.5, 0.6) is 0 Å². The Balaban J connectivity index is 0. The molecule has 0 unspecified atom stereocenters. The first-order valence-electron chi connectivity index (χ1n) is 7.49. The van der Waals surface area contributed by atoms with Crippen molar-refractivity contribution in [3.05, 3.63) is 0 Å². The molecular weight excluding hydrogens is 320 g/mol. The predicted octanol–water partition coefficient (Wildman–Crippen LogP) is 2.39. The van der Waals surface area contributed by atoms with Crippen molar-refractivity contribution in [2.75, 3.05) is 0 Å². The van der Waals surface area contributed by atoms with Gasteiger partial charge in [-0.05, 0) is 41.5 Å². The van der Waals surface area contributed by atoms with Crippen LogP contribution in [0.3, 0.4) is 0 Å². The molecule has 0 saturated carbocycles. The van der Waals surface area contributed by atoms with Crippen LogP contribution in [0.1, 0.15) is 67.2 Å². The van der Waals surface area contributed by atoms with Crippen LogP contribution in [-0.4, -0.2) is 45.3 Å². The van der Waals surface area contributed by atoms with E-state index < -0.39 is 35.1 Å². The summed E-state index contributed by atoms with van der Waals surface area (Å²) in [5.74, 6) is -2.91. The van der Waals surface area contributed by atoms with E-state index in [9.17, 15) is 19.2 Å². The summed E-state index contributed by atoms with van der Waals surface area (Å²) in [6, 6.07) is 0. The van der Waals surface area contributed by atoms with Gasteiger partial charge in [0.15, 0.2) is 0 Å². The Kier molecular flexibility index (Phi) is 10.7. The van der Waals surface area contributed by atoms with Crippen LogP contribution in [0.25, 0.3) is 0 Å². The molecule has 0 amide bonds. The minimum absolute atomic E-state index is 0.0629. The van der Waals surface area contributed by atoms with Gasteiger partial charge < -0.3 is 19.7 Å². The van der Waals surface area contributed by atoms with Crippen molar-refractivity contribution in [1.29, 1.82) is 0 Å². The largest absolute Gasteiger partial charge is 0.481 e. The number of carbonyl (C=O) groups excluding carboxylic acids is 2. The van der Waals surface area contributed by atoms with E-state index in [1.54, 1.807) is 41.5 Å². The molecule has 0 atom stereocenters. The number of aliphatic carboxylic acids is 2. The van der Waals surface area contributed by atoms with Gasteiger partial charge in [-0.1, -0.05) is 0 Å². The number of esters is 2. The van der Waals surface area contributed by atoms with E-state index >= 15 is 0 Å². The van der Waals surface area contributed by atoms with Gasteiger partial charge >= 0.3 is 23.9 Å². The average Bonchev–Trinajstić information content (AvgIpc) is 2.30. The lowest BCUT2D eigenvalue weighted by Crippen LogP contribution is -2.24. The third-order valence-electron chi connectivity index (χ3n) is 1.93. The monoisotopic (exact) mass is 348 g/mol. The zero-order chi connectivity index (χ0) is 19.6. The fourth-order valence-corrected chi connectivity index (χ4v) is 1.20. The fourth-order valence-electron chi connectivity index (χ4n) is 1.20. The van der Waals surface area contributed by atoms with Crippen LogP contribution >= 0.6 is 0 Å². The smallest absolute Gasteiger partial charge is 0.306 e. The van der Waals surface area contributed by atoms with Gasteiger partial charge in [0.25, 0.3) is 0 Å². The quantitative estimate of drug-likeness (QED) is 0.700. The molecule has 0 saturated heterocycles. The summed E-state index contributed by atoms with van der Waals surface area (Å²) >= 11 is 0. The highest BCUT2D eigenvalue weighted by Gasteiger charge is 2.17. The lowest BCUT2D eigenvalue weighted by Gasteiger charge is -2.19. The summed E-state index contributed by atoms with van der Waals surface area (Å²) in [6.45, 7) is 10.5. The van der Waals surface area contributed by atoms with Crippen molar-refractivity contribution in [3.63, 3.8) is 0 Å². The molecule has 8 heteroatoms. The predicted molar refractivity (Wildman–Crippen MR) is 85.4 cm³/mol. The zero-order valence-electron chi connectivity index (χ0n) is 15.2. The van der Waals surface area contributed by atoms with E-state index in [1.165, 1.54) is 0 Å². The topological polar surface area (TPSA) is 127 Å². The Bertz CT molecular complexity index is 398. The molecule has 24 heavy (non-hydrogen) atoms. The molecule has 0 aliphatic heterocycles. The Morgan fingerprint density at radius 3 is 1.04 bits per heavy atom. The number of hydrogen-bond donors (Lipinski definition) is 2. The summed E-state index contributed by atoms with van der Waals surface area (Å²) in [5.41, 5.74) is -1.06. The van der Waals surface area contributed by atoms with Crippen LogP contribution in [0.15, 0.2) is 0 Å². The average molecular weight is 348 g/mol. The van der Waals surface area contributed by atoms with Gasteiger partial charge in [0.05, 0.1) is 25.7 Å². The van der Waals surface area contributed by atoms with Crippen molar-refractivity contribution >= 4 is 23.9 Å². The first kappa shape index (κ1) is 24.1. The Hall–Kier alpha value is -2.12. The molecule has 0 heterocycles. The van der Waals surface area contributed by atoms with Crippen LogP contribution in [0.2, 0.25) is 0 Å². The summed E-state index contributed by atoms with van der Waals surface area (Å²) in [4.78, 5) is 41.9. The number of carbonyl (C=O) groups is 4. The van der Waals surface area contributed by atoms with Gasteiger partial charge in [0.1, 0.15) is 11.2 Å². The van der Waals surface area contributed by atoms with E-state index in [0.717, 1.165) is 0 Å². The maximum absolute atomic E-state index is 10.9. The van der Waals surface area contributed by atoms with E-state index in [-0.39, 0.29) is 25.7 Å². The standard InChI is InChI=1S/2C8H14O4/c2*1-8(2,3)12-7(11)5-4-6(9)10/h2*4-5H2,1-3H3,(H,9,10). The van der Waals surface area contributed by atoms with Crippen molar-refractivity contribution < 1.29 is 38.9 Å². The maximum Gasteiger partial charge on any atom is 0.306 e. The Morgan fingerprint density at radius 2 is 0.875 bits per heavy atom. The van der Waals surface area contributed by atoms with E-state index in [4.69, 9.17) is 19.7 Å². The third kappa shape index (κ3) is 22.2. The molecule has 0 aliphatic carbocycles. The summed E-state index contributed by atoms with van der Waals surface area (Å²) < 4.78 is 9.77. The van der Waals surface area contributed by atoms with E-state index in [0.29, 0.717) is 0 Å². The van der Waals surface area contributed by atoms with Crippen LogP contribution in [0, 0.1) is 0 Å². The minimum atomic E-state index is -0.985. The van der Waals surface area contributed by atoms with Crippen molar-refractivity contribution in [3.8, 4) is 0 Å². The molecule has 0 radical (unpaired) electrons. The van der Waals surface area contributed by atoms with Gasteiger partial charge in [-0.15, -0.1) is 0 Å². The number of carboxylic acid groups (broad SMARTS) is 2. The van der Waals surface area contributed by atoms with Crippen molar-refractivity contribution in [2.24, 2.45) is 0 Å². The first-order chi connectivity index (χ1) is 10.6. The second kappa shape index (κ2) is 10.6. The van der Waals surface area contributed by atoms with Crippen LogP contribution in [0.4, 0.5) is 0 Å². The molecule has 0 fully saturated rings. The van der Waals surface area contributed by atoms with Gasteiger partial charge in [-0.2, -0.15) is 0 Å². The third-order valence-corrected chi connectivity index (χ3v) is 1.93. The Labute approximate surface area is 142 Å². The van der Waals surface area contributed by atoms with E-state index in [2.05, 4.69) is 0 Å². The van der Waals surface area contributed by atoms with Crippen molar-refractivity contribution in [1.82, 2.24) is 0 Å². The summed E-state index contributed by atoms with van der Waals surface area (Å²) in [6.07, 6.45) is -0.469. The molecule has 0 aromatic rings. The molecule has 0 spiro atoms. The van der Waals surface area contributed by atoms with Crippen molar-refractivity contribution in [2.45, 2.75) is 78.4 Å². The fraction of sp³-hybridized carbons (Fsp3) is 0.750. The van der Waals surface area contributed by atoms with Gasteiger partial charge in [-0.3, -0.25) is 19.2 Å². The number of hydrogen-bond acceptors (Lipinski definition) is 6. The highest BCUT2D eigenvalue weighted by molar-refractivity contribution is 5.77. The molecule has 0 aliphatic rings. The molecule has 0 aromatic carbocycles. The SMILES string of the molecule is CC(C)(C)OC(=O)CCC(=O)O.CC(C)(C)OC(=O)CCC(=O)O. The lowest BCUT2D eigenvalue weighted by atomic mass is 10.2. The second-order valence-electron chi connectivity index (χ2n) is 6.96. The second-order valence-corrected chi connectivity index (χ2v) is 6.96. The van der Waals surface area contributed by atoms with Gasteiger partial charge in [0.2, 0.25) is 0 Å². The Morgan fingerprint density at radius 1 is 0.625 bits per heavy atom. The number of rotatable bonds is 6. The first-order valence-corrected chi connectivity index (χ1v) is 7.49. The van der Waals surface area contributed by atoms with Gasteiger partial charge in [-0.25, -0.2) is 0 Å². The molecule has 0 rings (SSSR count). The number of carboxylic acids is 2. The van der Waals surface area contributed by atoms with Crippen LogP contribution in [-0.2, 0) is 28.7 Å². The number of ether oxygens (including phenoxy) is 2. The van der Waals surface area contributed by atoms with E-state index in [1.807, 2.05) is 0 Å². The molecule has 140 valence electrons. The molecular formula is C16H28O8. The normalized spacial score (nSPS) is 10.9. The summed E-state index contributed by atoms with van der Waals surface area (Å²) in [5, 5.41) is 16.5. The summed E-state index contributed by atoms with van der Waals surface area (Å²) in [7, 11) is 0. The maximum atomic E-state index is 10.9.